The van der Waals surface area contributed by atoms with Gasteiger partial charge in [-0.2, -0.15) is 0 Å². The van der Waals surface area contributed by atoms with Gasteiger partial charge in [0.15, 0.2) is 0 Å². The molecule has 1 fully saturated rings. The lowest BCUT2D eigenvalue weighted by Gasteiger charge is -2.37. The van der Waals surface area contributed by atoms with E-state index in [1.807, 2.05) is 24.3 Å². The van der Waals surface area contributed by atoms with E-state index in [1.54, 1.807) is 0 Å². The van der Waals surface area contributed by atoms with E-state index in [0.717, 1.165) is 30.5 Å². The van der Waals surface area contributed by atoms with Gasteiger partial charge in [-0.1, -0.05) is 30.3 Å². The number of hydrogen-bond donors (Lipinski definition) is 1. The van der Waals surface area contributed by atoms with Crippen LogP contribution in [0.5, 0.6) is 0 Å². The smallest absolute Gasteiger partial charge is 0.254 e. The summed E-state index contributed by atoms with van der Waals surface area (Å²) in [5.74, 6) is 0.129. The normalized spacial score (nSPS) is 17.1. The highest BCUT2D eigenvalue weighted by Crippen LogP contribution is 2.34. The Morgan fingerprint density at radius 2 is 1.84 bits per heavy atom. The zero-order valence-corrected chi connectivity index (χ0v) is 15.8. The number of halogens is 1. The van der Waals surface area contributed by atoms with Crippen LogP contribution in [-0.4, -0.2) is 17.4 Å². The number of hydrogen-bond acceptors (Lipinski definition) is 2. The molecule has 0 aromatic heterocycles. The minimum Gasteiger partial charge on any atom is -0.332 e. The molecule has 2 N–H and O–H groups in total. The van der Waals surface area contributed by atoms with Gasteiger partial charge in [0.25, 0.3) is 5.91 Å². The van der Waals surface area contributed by atoms with E-state index in [2.05, 4.69) is 36.9 Å². The van der Waals surface area contributed by atoms with Gasteiger partial charge in [0.1, 0.15) is 0 Å². The van der Waals surface area contributed by atoms with Crippen LogP contribution in [-0.2, 0) is 6.54 Å². The summed E-state index contributed by atoms with van der Waals surface area (Å²) in [7, 11) is 0. The molecule has 134 valence electrons. The van der Waals surface area contributed by atoms with Crippen molar-refractivity contribution in [1.82, 2.24) is 4.90 Å². The summed E-state index contributed by atoms with van der Waals surface area (Å²) < 4.78 is 0. The summed E-state index contributed by atoms with van der Waals surface area (Å²) in [6, 6.07) is 14.3. The molecule has 1 aliphatic rings. The van der Waals surface area contributed by atoms with Gasteiger partial charge >= 0.3 is 0 Å². The van der Waals surface area contributed by atoms with Crippen LogP contribution in [0.4, 0.5) is 0 Å². The van der Waals surface area contributed by atoms with Gasteiger partial charge in [-0.25, -0.2) is 0 Å². The topological polar surface area (TPSA) is 46.3 Å². The monoisotopic (exact) mass is 358 g/mol. The summed E-state index contributed by atoms with van der Waals surface area (Å²) in [5.41, 5.74) is 11.3. The Labute approximate surface area is 156 Å². The van der Waals surface area contributed by atoms with Crippen molar-refractivity contribution in [2.75, 3.05) is 6.54 Å². The van der Waals surface area contributed by atoms with Crippen LogP contribution in [0, 0.1) is 13.8 Å². The van der Waals surface area contributed by atoms with Crippen molar-refractivity contribution in [2.24, 2.45) is 5.73 Å². The van der Waals surface area contributed by atoms with Gasteiger partial charge in [-0.15, -0.1) is 12.4 Å². The van der Waals surface area contributed by atoms with Crippen LogP contribution in [0.25, 0.3) is 0 Å². The highest BCUT2D eigenvalue weighted by atomic mass is 35.5. The lowest BCUT2D eigenvalue weighted by molar-refractivity contribution is 0.0611. The molecule has 2 aromatic carbocycles. The van der Waals surface area contributed by atoms with Gasteiger partial charge in [-0.3, -0.25) is 4.79 Å². The molecule has 1 aliphatic heterocycles. The average molecular weight is 359 g/mol. The Kier molecular flexibility index (Phi) is 6.63. The number of rotatable bonds is 3. The second-order valence-corrected chi connectivity index (χ2v) is 6.70. The first-order valence-corrected chi connectivity index (χ1v) is 8.78. The zero-order chi connectivity index (χ0) is 17.1. The van der Waals surface area contributed by atoms with Crippen molar-refractivity contribution >= 4 is 18.3 Å². The summed E-state index contributed by atoms with van der Waals surface area (Å²) in [4.78, 5) is 15.1. The Hall–Kier alpha value is -1.84. The molecule has 0 spiro atoms. The Morgan fingerprint density at radius 3 is 2.52 bits per heavy atom. The largest absolute Gasteiger partial charge is 0.332 e. The van der Waals surface area contributed by atoms with Gasteiger partial charge in [0.05, 0.1) is 6.04 Å². The number of benzene rings is 2. The molecule has 25 heavy (non-hydrogen) atoms. The van der Waals surface area contributed by atoms with E-state index in [4.69, 9.17) is 5.73 Å². The summed E-state index contributed by atoms with van der Waals surface area (Å²) in [6.07, 6.45) is 3.29. The van der Waals surface area contributed by atoms with Crippen molar-refractivity contribution in [3.05, 3.63) is 70.3 Å². The fraction of sp³-hybridized carbons (Fsp3) is 0.381. The molecule has 2 aromatic rings. The first kappa shape index (κ1) is 19.5. The van der Waals surface area contributed by atoms with E-state index in [1.165, 1.54) is 23.1 Å². The average Bonchev–Trinajstić information content (AvgIpc) is 2.63. The van der Waals surface area contributed by atoms with Gasteiger partial charge in [0, 0.05) is 18.7 Å². The molecular weight excluding hydrogens is 332 g/mol. The summed E-state index contributed by atoms with van der Waals surface area (Å²) in [6.45, 7) is 5.64. The lowest BCUT2D eigenvalue weighted by atomic mass is 9.90. The Morgan fingerprint density at radius 1 is 1.12 bits per heavy atom. The molecule has 0 bridgehead atoms. The number of aryl methyl sites for hydroxylation is 1. The molecule has 1 heterocycles. The highest BCUT2D eigenvalue weighted by Gasteiger charge is 2.29. The summed E-state index contributed by atoms with van der Waals surface area (Å²) in [5, 5.41) is 0. The third kappa shape index (κ3) is 4.05. The van der Waals surface area contributed by atoms with Gasteiger partial charge in [0.2, 0.25) is 0 Å². The first-order chi connectivity index (χ1) is 11.6. The maximum absolute atomic E-state index is 13.1. The van der Waals surface area contributed by atoms with Crippen molar-refractivity contribution < 1.29 is 4.79 Å². The van der Waals surface area contributed by atoms with E-state index >= 15 is 0 Å². The first-order valence-electron chi connectivity index (χ1n) is 8.78. The highest BCUT2D eigenvalue weighted by molar-refractivity contribution is 5.94. The lowest BCUT2D eigenvalue weighted by Crippen LogP contribution is -2.38. The molecular formula is C21H27ClN2O. The maximum Gasteiger partial charge on any atom is 0.254 e. The standard InChI is InChI=1S/C21H26N2O.ClH/c1-15-6-5-7-19(16(15)2)20-8-3-4-13-23(20)21(24)18-11-9-17(14-22)10-12-18;/h5-7,9-12,20H,3-4,8,13-14,22H2,1-2H3;1H. The number of nitrogens with zero attached hydrogens (tertiary/aromatic N) is 1. The van der Waals surface area contributed by atoms with Gasteiger partial charge < -0.3 is 10.6 Å². The number of nitrogens with two attached hydrogens (primary N) is 1. The fourth-order valence-corrected chi connectivity index (χ4v) is 3.58. The van der Waals surface area contributed by atoms with Crippen LogP contribution < -0.4 is 5.73 Å². The number of carbonyl (C=O) groups is 1. The van der Waals surface area contributed by atoms with Gasteiger partial charge in [-0.05, 0) is 67.5 Å². The maximum atomic E-state index is 13.1. The Balaban J connectivity index is 0.00000225. The van der Waals surface area contributed by atoms with E-state index in [9.17, 15) is 4.79 Å². The summed E-state index contributed by atoms with van der Waals surface area (Å²) >= 11 is 0. The molecule has 1 unspecified atom stereocenters. The Bertz CT molecular complexity index is 727. The zero-order valence-electron chi connectivity index (χ0n) is 15.0. The molecule has 3 nitrogen and oxygen atoms in total. The molecule has 4 heteroatoms. The van der Waals surface area contributed by atoms with Crippen molar-refractivity contribution in [3.63, 3.8) is 0 Å². The third-order valence-electron chi connectivity index (χ3n) is 5.21. The molecule has 1 saturated heterocycles. The molecule has 0 saturated carbocycles. The minimum absolute atomic E-state index is 0. The molecule has 3 rings (SSSR count). The third-order valence-corrected chi connectivity index (χ3v) is 5.21. The number of likely N-dealkylation sites (tertiary alicyclic amines) is 1. The second-order valence-electron chi connectivity index (χ2n) is 6.70. The number of carbonyl (C=O) groups excluding carboxylic acids is 1. The predicted molar refractivity (Wildman–Crippen MR) is 105 cm³/mol. The molecule has 1 atom stereocenters. The van der Waals surface area contributed by atoms with Crippen LogP contribution in [0.2, 0.25) is 0 Å². The van der Waals surface area contributed by atoms with Crippen molar-refractivity contribution in [3.8, 4) is 0 Å². The van der Waals surface area contributed by atoms with E-state index in [-0.39, 0.29) is 24.4 Å². The SMILES string of the molecule is Cc1cccc(C2CCCCN2C(=O)c2ccc(CN)cc2)c1C.Cl. The van der Waals surface area contributed by atoms with Crippen molar-refractivity contribution in [2.45, 2.75) is 45.7 Å². The second kappa shape index (κ2) is 8.50. The van der Waals surface area contributed by atoms with Crippen LogP contribution >= 0.6 is 12.4 Å². The van der Waals surface area contributed by atoms with E-state index < -0.39 is 0 Å². The van der Waals surface area contributed by atoms with E-state index in [0.29, 0.717) is 6.54 Å². The predicted octanol–water partition coefficient (Wildman–Crippen LogP) is 4.55. The number of amides is 1. The van der Waals surface area contributed by atoms with Crippen molar-refractivity contribution in [1.29, 1.82) is 0 Å². The molecule has 0 aliphatic carbocycles. The molecule has 0 radical (unpaired) electrons. The minimum atomic E-state index is 0. The molecule has 1 amide bonds. The quantitative estimate of drug-likeness (QED) is 0.874. The van der Waals surface area contributed by atoms with Crippen LogP contribution in [0.15, 0.2) is 42.5 Å². The van der Waals surface area contributed by atoms with Crippen LogP contribution in [0.1, 0.15) is 57.9 Å². The van der Waals surface area contributed by atoms with Crippen LogP contribution in [0.3, 0.4) is 0 Å². The fourth-order valence-electron chi connectivity index (χ4n) is 3.58. The number of piperidine rings is 1.